The van der Waals surface area contributed by atoms with Gasteiger partial charge in [0.2, 0.25) is 5.91 Å². The summed E-state index contributed by atoms with van der Waals surface area (Å²) in [4.78, 5) is 30.5. The van der Waals surface area contributed by atoms with Crippen LogP contribution in [-0.2, 0) is 4.79 Å². The van der Waals surface area contributed by atoms with Gasteiger partial charge in [-0.2, -0.15) is 18.7 Å². The molecule has 0 saturated carbocycles. The van der Waals surface area contributed by atoms with E-state index in [0.29, 0.717) is 32.2 Å². The van der Waals surface area contributed by atoms with Crippen molar-refractivity contribution in [3.63, 3.8) is 0 Å². The van der Waals surface area contributed by atoms with Crippen molar-refractivity contribution in [1.82, 2.24) is 24.8 Å². The van der Waals surface area contributed by atoms with Gasteiger partial charge in [-0.1, -0.05) is 17.9 Å². The van der Waals surface area contributed by atoms with E-state index in [9.17, 15) is 22.4 Å². The monoisotopic (exact) mass is 691 g/mol. The fraction of sp³-hybridized carbons (Fsp3) is 0.438. The summed E-state index contributed by atoms with van der Waals surface area (Å²) < 4.78 is 80.5. The summed E-state index contributed by atoms with van der Waals surface area (Å²) >= 11 is 0.842. The van der Waals surface area contributed by atoms with Gasteiger partial charge in [-0.3, -0.25) is 9.69 Å². The molecule has 2 aromatic heterocycles. The van der Waals surface area contributed by atoms with Gasteiger partial charge >= 0.3 is 12.6 Å². The summed E-state index contributed by atoms with van der Waals surface area (Å²) in [5.41, 5.74) is 5.14. The Morgan fingerprint density at radius 3 is 2.62 bits per heavy atom. The standard InChI is InChI=1S/C25H22F4N6O3S.C7H12FN/c1-4-16(36)35-8-7-34(10-11(35)2)22-13-9-15(38-23(28)29)17(18(27)19(13)32-25(33-22)37-3)12-5-6-14(26)21-20(12)31-24(30)39-21;8-6-4-7-2-1-3-9(7)5-6/h4-6,9,11,23H,1,7-8,10H2,2-3H3,(H2,30,31);6-7H,1-5H2. The average molecular weight is 692 g/mol. The van der Waals surface area contributed by atoms with Crippen molar-refractivity contribution >= 4 is 49.3 Å². The minimum Gasteiger partial charge on any atom is -0.467 e. The molecule has 0 radical (unpaired) electrons. The Kier molecular flexibility index (Phi) is 9.56. The number of carbonyl (C=O) groups is 1. The number of benzene rings is 2. The van der Waals surface area contributed by atoms with Crippen LogP contribution in [-0.4, -0.2) is 95.4 Å². The molecule has 7 rings (SSSR count). The molecule has 3 unspecified atom stereocenters. The molecule has 3 atom stereocenters. The van der Waals surface area contributed by atoms with Crippen LogP contribution in [0.5, 0.6) is 11.8 Å². The number of rotatable bonds is 6. The Morgan fingerprint density at radius 1 is 1.15 bits per heavy atom. The number of fused-ring (bicyclic) bond motifs is 3. The topological polar surface area (TPSA) is 110 Å². The highest BCUT2D eigenvalue weighted by Crippen LogP contribution is 2.44. The number of nitrogens with zero attached hydrogens (tertiary/aromatic N) is 6. The summed E-state index contributed by atoms with van der Waals surface area (Å²) in [7, 11) is 1.31. The number of amides is 1. The number of hydrogen-bond acceptors (Lipinski definition) is 10. The van der Waals surface area contributed by atoms with E-state index < -0.39 is 30.2 Å². The molecule has 3 saturated heterocycles. The van der Waals surface area contributed by atoms with E-state index in [1.54, 1.807) is 9.80 Å². The molecule has 0 bridgehead atoms. The smallest absolute Gasteiger partial charge is 0.387 e. The number of alkyl halides is 3. The molecule has 48 heavy (non-hydrogen) atoms. The van der Waals surface area contributed by atoms with Crippen molar-refractivity contribution in [3.05, 3.63) is 42.5 Å². The number of nitrogens with two attached hydrogens (primary N) is 1. The Morgan fingerprint density at radius 2 is 1.94 bits per heavy atom. The lowest BCUT2D eigenvalue weighted by molar-refractivity contribution is -0.128. The predicted molar refractivity (Wildman–Crippen MR) is 173 cm³/mol. The van der Waals surface area contributed by atoms with Crippen LogP contribution in [0.25, 0.3) is 32.2 Å². The zero-order chi connectivity index (χ0) is 34.3. The molecule has 3 aliphatic rings. The Balaban J connectivity index is 0.000000381. The molecule has 3 fully saturated rings. The summed E-state index contributed by atoms with van der Waals surface area (Å²) in [6.45, 7) is 4.85. The number of halogens is 5. The van der Waals surface area contributed by atoms with E-state index in [1.807, 2.05) is 6.92 Å². The normalized spacial score (nSPS) is 21.0. The fourth-order valence-corrected chi connectivity index (χ4v) is 7.52. The highest BCUT2D eigenvalue weighted by Gasteiger charge is 2.35. The SMILES string of the molecule is C=CC(=O)N1CCN(c2nc(OC)nc3c(F)c(-c4ccc(F)c5sc(N)nc45)c(OC(F)F)cc23)CC1C.FC1CC2CCCN2C1. The maximum absolute atomic E-state index is 16.4. The number of methoxy groups -OCH3 is 1. The molecular formula is C32H34F5N7O3S. The minimum atomic E-state index is -3.30. The molecule has 2 N–H and O–H groups in total. The average Bonchev–Trinajstić information content (AvgIpc) is 3.76. The maximum atomic E-state index is 16.4. The van der Waals surface area contributed by atoms with Crippen LogP contribution in [0, 0.1) is 11.6 Å². The first-order valence-corrected chi connectivity index (χ1v) is 16.2. The van der Waals surface area contributed by atoms with Crippen LogP contribution in [0.2, 0.25) is 0 Å². The third-order valence-corrected chi connectivity index (χ3v) is 9.77. The number of anilines is 2. The molecule has 16 heteroatoms. The number of nitrogen functional groups attached to an aromatic ring is 1. The lowest BCUT2D eigenvalue weighted by Gasteiger charge is -2.40. The van der Waals surface area contributed by atoms with E-state index in [2.05, 4.69) is 26.4 Å². The van der Waals surface area contributed by atoms with Crippen molar-refractivity contribution < 1.29 is 36.2 Å². The second kappa shape index (κ2) is 13.7. The van der Waals surface area contributed by atoms with Gasteiger partial charge in [-0.25, -0.2) is 18.2 Å². The first-order chi connectivity index (χ1) is 23.0. The van der Waals surface area contributed by atoms with Crippen molar-refractivity contribution in [2.45, 2.75) is 51.1 Å². The van der Waals surface area contributed by atoms with Crippen molar-refractivity contribution in [1.29, 1.82) is 0 Å². The molecule has 1 amide bonds. The number of thiazole rings is 1. The number of carbonyl (C=O) groups excluding carboxylic acids is 1. The number of ether oxygens (including phenoxy) is 2. The third kappa shape index (κ3) is 6.42. The third-order valence-electron chi connectivity index (χ3n) is 8.88. The molecule has 0 aliphatic carbocycles. The van der Waals surface area contributed by atoms with Gasteiger partial charge in [0, 0.05) is 49.2 Å². The molecule has 5 heterocycles. The highest BCUT2D eigenvalue weighted by atomic mass is 32.1. The first-order valence-electron chi connectivity index (χ1n) is 15.4. The number of hydrogen-bond donors (Lipinski definition) is 1. The van der Waals surface area contributed by atoms with Crippen LogP contribution < -0.4 is 20.1 Å². The van der Waals surface area contributed by atoms with Crippen molar-refractivity contribution in [2.24, 2.45) is 0 Å². The van der Waals surface area contributed by atoms with E-state index in [4.69, 9.17) is 15.2 Å². The van der Waals surface area contributed by atoms with E-state index >= 15 is 4.39 Å². The second-order valence-corrected chi connectivity index (χ2v) is 12.9. The van der Waals surface area contributed by atoms with Crippen LogP contribution in [0.3, 0.4) is 0 Å². The number of aromatic nitrogens is 3. The van der Waals surface area contributed by atoms with Crippen LogP contribution >= 0.6 is 11.3 Å². The van der Waals surface area contributed by atoms with Gasteiger partial charge in [-0.15, -0.1) is 0 Å². The zero-order valence-corrected chi connectivity index (χ0v) is 27.1. The molecule has 256 valence electrons. The largest absolute Gasteiger partial charge is 0.467 e. The van der Waals surface area contributed by atoms with E-state index in [1.165, 1.54) is 38.2 Å². The summed E-state index contributed by atoms with van der Waals surface area (Å²) in [5, 5.41) is 0.0999. The van der Waals surface area contributed by atoms with Crippen LogP contribution in [0.4, 0.5) is 32.9 Å². The lowest BCUT2D eigenvalue weighted by Crippen LogP contribution is -2.54. The molecule has 4 aromatic rings. The molecule has 0 spiro atoms. The van der Waals surface area contributed by atoms with Crippen molar-refractivity contribution in [2.75, 3.05) is 50.5 Å². The van der Waals surface area contributed by atoms with E-state index in [0.717, 1.165) is 30.4 Å². The highest BCUT2D eigenvalue weighted by molar-refractivity contribution is 7.22. The first kappa shape index (κ1) is 33.6. The van der Waals surface area contributed by atoms with Gasteiger partial charge in [0.15, 0.2) is 10.9 Å². The van der Waals surface area contributed by atoms with E-state index in [-0.39, 0.29) is 61.2 Å². The zero-order valence-electron chi connectivity index (χ0n) is 26.3. The second-order valence-electron chi connectivity index (χ2n) is 11.9. The van der Waals surface area contributed by atoms with Crippen molar-refractivity contribution in [3.8, 4) is 22.9 Å². The summed E-state index contributed by atoms with van der Waals surface area (Å²) in [5.74, 6) is -2.20. The van der Waals surface area contributed by atoms with Crippen LogP contribution in [0.15, 0.2) is 30.9 Å². The Bertz CT molecular complexity index is 1850. The number of piperazine rings is 1. The van der Waals surface area contributed by atoms with Crippen LogP contribution in [0.1, 0.15) is 26.2 Å². The van der Waals surface area contributed by atoms with Gasteiger partial charge in [-0.05, 0) is 57.0 Å². The molecule has 2 aromatic carbocycles. The quantitative estimate of drug-likeness (QED) is 0.199. The Hall–Kier alpha value is -4.31. The Labute approximate surface area is 276 Å². The molecule has 10 nitrogen and oxygen atoms in total. The van der Waals surface area contributed by atoms with Gasteiger partial charge < -0.3 is 25.0 Å². The maximum Gasteiger partial charge on any atom is 0.387 e. The summed E-state index contributed by atoms with van der Waals surface area (Å²) in [6, 6.07) is 3.69. The van der Waals surface area contributed by atoms with Gasteiger partial charge in [0.25, 0.3) is 0 Å². The predicted octanol–water partition coefficient (Wildman–Crippen LogP) is 5.79. The molecule has 3 aliphatic heterocycles. The van der Waals surface area contributed by atoms with Gasteiger partial charge in [0.05, 0.1) is 22.9 Å². The van der Waals surface area contributed by atoms with Gasteiger partial charge in [0.1, 0.15) is 29.1 Å². The minimum absolute atomic E-state index is 0.00120. The molecular weight excluding hydrogens is 657 g/mol. The lowest BCUT2D eigenvalue weighted by atomic mass is 9.99. The fourth-order valence-electron chi connectivity index (χ4n) is 6.76. The summed E-state index contributed by atoms with van der Waals surface area (Å²) in [6.07, 6.45) is 4.04.